The zero-order valence-electron chi connectivity index (χ0n) is 26.2. The average molecular weight is 571 g/mol. The van der Waals surface area contributed by atoms with Crippen LogP contribution in [0.25, 0.3) is 0 Å². The lowest BCUT2D eigenvalue weighted by Gasteiger charge is -2.22. The number of allylic oxidation sites excluding steroid dienone is 2. The Labute approximate surface area is 252 Å². The second-order valence-electron chi connectivity index (χ2n) is 9.63. The zero-order valence-corrected chi connectivity index (χ0v) is 26.2. The van der Waals surface area contributed by atoms with Gasteiger partial charge in [0.25, 0.3) is 0 Å². The Morgan fingerprint density at radius 2 is 1.05 bits per heavy atom. The molecule has 0 heterocycles. The number of nitriles is 2. The minimum absolute atomic E-state index is 0.0747. The molecule has 0 aliphatic heterocycles. The van der Waals surface area contributed by atoms with Gasteiger partial charge < -0.3 is 19.3 Å². The van der Waals surface area contributed by atoms with E-state index >= 15 is 0 Å². The molecule has 0 aliphatic rings. The molecule has 2 aromatic rings. The first-order valence-corrected chi connectivity index (χ1v) is 15.2. The summed E-state index contributed by atoms with van der Waals surface area (Å²) in [5.41, 5.74) is 3.44. The first-order chi connectivity index (χ1) is 20.5. The Morgan fingerprint density at radius 3 is 1.36 bits per heavy atom. The van der Waals surface area contributed by atoms with Gasteiger partial charge in [0, 0.05) is 73.2 Å². The Morgan fingerprint density at radius 1 is 0.667 bits per heavy atom. The number of nitrogens with zero attached hydrogens (tertiary/aromatic N) is 6. The first kappa shape index (κ1) is 33.9. The Balaban J connectivity index is 2.44. The highest BCUT2D eigenvalue weighted by Gasteiger charge is 2.11. The van der Waals surface area contributed by atoms with Crippen LogP contribution in [-0.4, -0.2) is 51.8 Å². The van der Waals surface area contributed by atoms with Crippen LogP contribution in [0.1, 0.15) is 78.4 Å². The van der Waals surface area contributed by atoms with Crippen LogP contribution in [0.3, 0.4) is 0 Å². The highest BCUT2D eigenvalue weighted by atomic mass is 16.5. The fourth-order valence-corrected chi connectivity index (χ4v) is 4.29. The van der Waals surface area contributed by atoms with Crippen LogP contribution in [0, 0.1) is 22.7 Å². The van der Waals surface area contributed by atoms with E-state index in [1.165, 1.54) is 0 Å². The summed E-state index contributed by atoms with van der Waals surface area (Å²) in [5.74, 6) is 1.39. The molecule has 0 N–H and O–H groups in total. The van der Waals surface area contributed by atoms with Crippen molar-refractivity contribution in [3.63, 3.8) is 0 Å². The van der Waals surface area contributed by atoms with Crippen molar-refractivity contribution in [2.24, 2.45) is 9.98 Å². The van der Waals surface area contributed by atoms with Gasteiger partial charge in [-0.15, -0.1) is 0 Å². The second-order valence-corrected chi connectivity index (χ2v) is 9.63. The van der Waals surface area contributed by atoms with Crippen molar-refractivity contribution in [3.05, 3.63) is 58.9 Å². The van der Waals surface area contributed by atoms with E-state index < -0.39 is 0 Å². The van der Waals surface area contributed by atoms with Crippen LogP contribution < -0.4 is 19.3 Å². The van der Waals surface area contributed by atoms with Crippen molar-refractivity contribution < 1.29 is 9.47 Å². The van der Waals surface area contributed by atoms with Gasteiger partial charge in [-0.1, -0.05) is 26.7 Å². The third-order valence-corrected chi connectivity index (χ3v) is 6.86. The normalized spacial score (nSPS) is 11.7. The van der Waals surface area contributed by atoms with Gasteiger partial charge in [0.15, 0.2) is 11.4 Å². The Bertz CT molecular complexity index is 1190. The molecule has 8 nitrogen and oxygen atoms in total. The van der Waals surface area contributed by atoms with Crippen molar-refractivity contribution in [1.29, 1.82) is 10.5 Å². The van der Waals surface area contributed by atoms with E-state index in [2.05, 4.69) is 61.3 Å². The summed E-state index contributed by atoms with van der Waals surface area (Å²) in [4.78, 5) is 13.2. The number of hydrogen-bond acceptors (Lipinski definition) is 8. The molecule has 224 valence electrons. The number of unbranched alkanes of at least 4 members (excludes halogenated alkanes) is 2. The summed E-state index contributed by atoms with van der Waals surface area (Å²) < 4.78 is 12.2. The monoisotopic (exact) mass is 570 g/mol. The van der Waals surface area contributed by atoms with E-state index in [1.807, 2.05) is 48.5 Å². The van der Waals surface area contributed by atoms with Crippen molar-refractivity contribution in [1.82, 2.24) is 0 Å². The van der Waals surface area contributed by atoms with E-state index in [1.54, 1.807) is 12.4 Å². The first-order valence-electron chi connectivity index (χ1n) is 15.2. The minimum Gasteiger partial charge on any atom is -0.493 e. The molecule has 0 bridgehead atoms. The fraction of sp³-hybridized carbons (Fsp3) is 0.471. The number of anilines is 2. The molecular formula is C34H46N6O2. The van der Waals surface area contributed by atoms with Gasteiger partial charge in [0.2, 0.25) is 0 Å². The molecule has 0 atom stereocenters. The number of hydrogen-bond donors (Lipinski definition) is 0. The maximum Gasteiger partial charge on any atom is 0.176 e. The van der Waals surface area contributed by atoms with Crippen LogP contribution >= 0.6 is 0 Å². The van der Waals surface area contributed by atoms with E-state index in [9.17, 15) is 10.5 Å². The lowest BCUT2D eigenvalue weighted by Crippen LogP contribution is -2.21. The van der Waals surface area contributed by atoms with Crippen molar-refractivity contribution in [2.75, 3.05) is 49.2 Å². The number of ether oxygens (including phenoxy) is 2. The quantitative estimate of drug-likeness (QED) is 0.104. The lowest BCUT2D eigenvalue weighted by atomic mass is 10.1. The molecule has 42 heavy (non-hydrogen) atoms. The minimum atomic E-state index is -0.0747. The molecule has 0 radical (unpaired) electrons. The fourth-order valence-electron chi connectivity index (χ4n) is 4.29. The van der Waals surface area contributed by atoms with Crippen molar-refractivity contribution >= 4 is 23.8 Å². The second kappa shape index (κ2) is 18.9. The predicted octanol–water partition coefficient (Wildman–Crippen LogP) is 7.53. The molecule has 0 spiro atoms. The van der Waals surface area contributed by atoms with E-state index in [4.69, 9.17) is 9.47 Å². The van der Waals surface area contributed by atoms with Gasteiger partial charge in [0.1, 0.15) is 23.6 Å². The molecule has 0 unspecified atom stereocenters. The van der Waals surface area contributed by atoms with Gasteiger partial charge in [-0.3, -0.25) is 0 Å². The molecule has 0 saturated carbocycles. The highest BCUT2D eigenvalue weighted by Crippen LogP contribution is 2.27. The van der Waals surface area contributed by atoms with E-state index in [0.29, 0.717) is 24.7 Å². The van der Waals surface area contributed by atoms with Crippen LogP contribution in [0.2, 0.25) is 0 Å². The standard InChI is InChI=1S/C34H46N6O2/c1-7-13-19-41-33-21-29(39(9-3)10-4)17-15-27(33)25-37-31(23-35)32(24-36)38-26-28-16-18-30(40(11-5)12-6)22-34(28)42-20-14-8-2/h15-18,21-22,25-26H,7-14,19-20H2,1-6H3/b32-31+,37-25?,38-26?. The Hall–Kier alpha value is -4.30. The summed E-state index contributed by atoms with van der Waals surface area (Å²) >= 11 is 0. The van der Waals surface area contributed by atoms with Gasteiger partial charge >= 0.3 is 0 Å². The van der Waals surface area contributed by atoms with Crippen LogP contribution in [-0.2, 0) is 0 Å². The molecule has 0 aromatic heterocycles. The SMILES string of the molecule is CCCCOc1cc(N(CC)CC)ccc1C=N/C(C#N)=C(\C#N)N=Cc1ccc(N(CC)CC)cc1OCCCC. The molecule has 8 heteroatoms. The summed E-state index contributed by atoms with van der Waals surface area (Å²) in [7, 11) is 0. The highest BCUT2D eigenvalue weighted by molar-refractivity contribution is 5.87. The molecule has 0 aliphatic carbocycles. The molecule has 0 amide bonds. The predicted molar refractivity (Wildman–Crippen MR) is 174 cm³/mol. The number of rotatable bonds is 18. The van der Waals surface area contributed by atoms with Gasteiger partial charge in [-0.25, -0.2) is 9.98 Å². The summed E-state index contributed by atoms with van der Waals surface area (Å²) in [6.45, 7) is 17.4. The van der Waals surface area contributed by atoms with Crippen molar-refractivity contribution in [3.8, 4) is 23.6 Å². The summed E-state index contributed by atoms with van der Waals surface area (Å²) in [6.07, 6.45) is 7.04. The van der Waals surface area contributed by atoms with Crippen molar-refractivity contribution in [2.45, 2.75) is 67.2 Å². The largest absolute Gasteiger partial charge is 0.493 e. The van der Waals surface area contributed by atoms with Gasteiger partial charge in [-0.05, 0) is 64.8 Å². The smallest absolute Gasteiger partial charge is 0.176 e. The zero-order chi connectivity index (χ0) is 30.7. The number of benzene rings is 2. The molecular weight excluding hydrogens is 524 g/mol. The maximum atomic E-state index is 9.86. The summed E-state index contributed by atoms with van der Waals surface area (Å²) in [6, 6.07) is 16.0. The molecule has 2 aromatic carbocycles. The summed E-state index contributed by atoms with van der Waals surface area (Å²) in [5, 5.41) is 19.7. The molecule has 2 rings (SSSR count). The van der Waals surface area contributed by atoms with E-state index in [-0.39, 0.29) is 11.4 Å². The number of aliphatic imine (C=N–C) groups is 2. The topological polar surface area (TPSA) is 97.2 Å². The van der Waals surface area contributed by atoms with E-state index in [0.717, 1.165) is 74.4 Å². The van der Waals surface area contributed by atoms with Crippen LogP contribution in [0.5, 0.6) is 11.5 Å². The van der Waals surface area contributed by atoms with Gasteiger partial charge in [-0.2, -0.15) is 10.5 Å². The lowest BCUT2D eigenvalue weighted by molar-refractivity contribution is 0.309. The Kier molecular flexibility index (Phi) is 15.3. The third-order valence-electron chi connectivity index (χ3n) is 6.86. The maximum absolute atomic E-state index is 9.86. The van der Waals surface area contributed by atoms with Crippen LogP contribution in [0.4, 0.5) is 11.4 Å². The molecule has 0 saturated heterocycles. The third kappa shape index (κ3) is 9.96. The average Bonchev–Trinajstić information content (AvgIpc) is 3.01. The van der Waals surface area contributed by atoms with Gasteiger partial charge in [0.05, 0.1) is 13.2 Å². The van der Waals surface area contributed by atoms with Crippen LogP contribution in [0.15, 0.2) is 57.8 Å². The molecule has 0 fully saturated rings.